The number of furan rings is 1. The summed E-state index contributed by atoms with van der Waals surface area (Å²) >= 11 is 0. The van der Waals surface area contributed by atoms with Crippen LogP contribution in [0.3, 0.4) is 0 Å². The smallest absolute Gasteiger partial charge is 0.343 e. The summed E-state index contributed by atoms with van der Waals surface area (Å²) in [6, 6.07) is 22.9. The third kappa shape index (κ3) is 4.75. The van der Waals surface area contributed by atoms with Crippen LogP contribution in [0, 0.1) is 13.8 Å². The average molecular weight is 521 g/mol. The fraction of sp³-hybridized carbons (Fsp3) is 0.0968. The van der Waals surface area contributed by atoms with Crippen LogP contribution < -0.4 is 9.80 Å². The predicted octanol–water partition coefficient (Wildman–Crippen LogP) is 5.93. The highest BCUT2D eigenvalue weighted by atomic mass is 16.5. The van der Waals surface area contributed by atoms with Crippen LogP contribution in [0.1, 0.15) is 27.2 Å². The molecule has 0 radical (unpaired) electrons. The SMILES string of the molecule is COC(=O)c1ccc(C)c(-c2ccc(/C=C3\C(=O)N(c4ccccc4)C(=O)N(c4ccc(C)cc4)C3=O)o2)c1. The number of barbiturate groups is 1. The minimum absolute atomic E-state index is 0.232. The van der Waals surface area contributed by atoms with Crippen LogP contribution in [-0.4, -0.2) is 30.9 Å². The number of benzene rings is 3. The summed E-state index contributed by atoms with van der Waals surface area (Å²) in [6.45, 7) is 3.76. The number of amides is 4. The topological polar surface area (TPSA) is 97.1 Å². The zero-order chi connectivity index (χ0) is 27.7. The number of rotatable bonds is 5. The highest BCUT2D eigenvalue weighted by Crippen LogP contribution is 2.32. The van der Waals surface area contributed by atoms with E-state index in [9.17, 15) is 19.2 Å². The van der Waals surface area contributed by atoms with Gasteiger partial charge < -0.3 is 9.15 Å². The molecule has 1 aromatic heterocycles. The van der Waals surface area contributed by atoms with Gasteiger partial charge in [0.15, 0.2) is 0 Å². The number of hydrogen-bond acceptors (Lipinski definition) is 6. The molecule has 8 heteroatoms. The van der Waals surface area contributed by atoms with Crippen molar-refractivity contribution in [3.8, 4) is 11.3 Å². The van der Waals surface area contributed by atoms with Crippen LogP contribution in [0.5, 0.6) is 0 Å². The molecule has 0 aliphatic carbocycles. The molecule has 2 heterocycles. The Morgan fingerprint density at radius 3 is 2.08 bits per heavy atom. The second kappa shape index (κ2) is 10.3. The maximum Gasteiger partial charge on any atom is 0.343 e. The van der Waals surface area contributed by atoms with Gasteiger partial charge in [-0.25, -0.2) is 19.4 Å². The quantitative estimate of drug-likeness (QED) is 0.184. The standard InChI is InChI=1S/C31H24N2O6/c1-19-9-13-23(14-10-19)33-29(35)26(28(34)32(31(33)37)22-7-5-4-6-8-22)18-24-15-16-27(39-24)25-17-21(30(36)38-3)12-11-20(25)2/h4-18H,1-3H3/b26-18+. The number of aryl methyl sites for hydroxylation is 2. The van der Waals surface area contributed by atoms with E-state index in [1.165, 1.54) is 13.2 Å². The molecule has 0 saturated carbocycles. The van der Waals surface area contributed by atoms with Crippen molar-refractivity contribution in [3.05, 3.63) is 113 Å². The number of carbonyl (C=O) groups is 4. The Bertz CT molecular complexity index is 1630. The number of carbonyl (C=O) groups excluding carboxylic acids is 4. The molecule has 194 valence electrons. The third-order valence-electron chi connectivity index (χ3n) is 6.39. The Hall–Kier alpha value is -5.24. The predicted molar refractivity (Wildman–Crippen MR) is 146 cm³/mol. The summed E-state index contributed by atoms with van der Waals surface area (Å²) in [5.74, 6) is -1.34. The van der Waals surface area contributed by atoms with Gasteiger partial charge in [-0.05, 0) is 74.0 Å². The number of hydrogen-bond donors (Lipinski definition) is 0. The van der Waals surface area contributed by atoms with E-state index >= 15 is 0 Å². The lowest BCUT2D eigenvalue weighted by Crippen LogP contribution is -2.57. The van der Waals surface area contributed by atoms with Gasteiger partial charge in [0.05, 0.1) is 24.0 Å². The molecule has 39 heavy (non-hydrogen) atoms. The van der Waals surface area contributed by atoms with Gasteiger partial charge in [0, 0.05) is 5.56 Å². The van der Waals surface area contributed by atoms with Crippen molar-refractivity contribution in [2.75, 3.05) is 16.9 Å². The van der Waals surface area contributed by atoms with Gasteiger partial charge in [-0.2, -0.15) is 0 Å². The molecule has 4 amide bonds. The van der Waals surface area contributed by atoms with Crippen LogP contribution in [0.15, 0.2) is 94.9 Å². The van der Waals surface area contributed by atoms with E-state index in [0.29, 0.717) is 28.3 Å². The Labute approximate surface area is 224 Å². The van der Waals surface area contributed by atoms with Gasteiger partial charge in [0.25, 0.3) is 11.8 Å². The summed E-state index contributed by atoms with van der Waals surface area (Å²) in [7, 11) is 1.31. The first-order valence-corrected chi connectivity index (χ1v) is 12.1. The number of ether oxygens (including phenoxy) is 1. The van der Waals surface area contributed by atoms with Gasteiger partial charge in [0.1, 0.15) is 17.1 Å². The molecule has 1 aliphatic rings. The number of para-hydroxylation sites is 1. The molecule has 0 atom stereocenters. The Morgan fingerprint density at radius 2 is 1.44 bits per heavy atom. The van der Waals surface area contributed by atoms with Crippen LogP contribution in [0.4, 0.5) is 16.2 Å². The van der Waals surface area contributed by atoms with Crippen molar-refractivity contribution < 1.29 is 28.3 Å². The number of urea groups is 1. The highest BCUT2D eigenvalue weighted by Gasteiger charge is 2.43. The molecule has 0 unspecified atom stereocenters. The number of anilines is 2. The minimum atomic E-state index is -0.771. The van der Waals surface area contributed by atoms with E-state index in [0.717, 1.165) is 20.9 Å². The molecule has 5 rings (SSSR count). The van der Waals surface area contributed by atoms with E-state index in [-0.39, 0.29) is 11.3 Å². The fourth-order valence-electron chi connectivity index (χ4n) is 4.31. The molecule has 1 aliphatic heterocycles. The van der Waals surface area contributed by atoms with Gasteiger partial charge in [0.2, 0.25) is 0 Å². The normalized spacial score (nSPS) is 14.7. The van der Waals surface area contributed by atoms with Crippen molar-refractivity contribution in [2.45, 2.75) is 13.8 Å². The minimum Gasteiger partial charge on any atom is -0.465 e. The number of imide groups is 2. The van der Waals surface area contributed by atoms with Crippen LogP contribution in [0.2, 0.25) is 0 Å². The van der Waals surface area contributed by atoms with E-state index in [4.69, 9.17) is 9.15 Å². The number of nitrogens with zero attached hydrogens (tertiary/aromatic N) is 2. The summed E-state index contributed by atoms with van der Waals surface area (Å²) in [5, 5.41) is 0. The van der Waals surface area contributed by atoms with Gasteiger partial charge in [-0.3, -0.25) is 9.59 Å². The van der Waals surface area contributed by atoms with Crippen molar-refractivity contribution in [1.82, 2.24) is 0 Å². The summed E-state index contributed by atoms with van der Waals surface area (Å²) < 4.78 is 10.8. The van der Waals surface area contributed by atoms with Gasteiger partial charge in [-0.1, -0.05) is 42.0 Å². The summed E-state index contributed by atoms with van der Waals surface area (Å²) in [6.07, 6.45) is 1.33. The largest absolute Gasteiger partial charge is 0.465 e. The van der Waals surface area contributed by atoms with E-state index in [2.05, 4.69) is 0 Å². The molecule has 3 aromatic carbocycles. The summed E-state index contributed by atoms with van der Waals surface area (Å²) in [4.78, 5) is 54.6. The zero-order valence-corrected chi connectivity index (χ0v) is 21.5. The van der Waals surface area contributed by atoms with Crippen LogP contribution in [0.25, 0.3) is 17.4 Å². The molecular formula is C31H24N2O6. The second-order valence-corrected chi connectivity index (χ2v) is 9.02. The highest BCUT2D eigenvalue weighted by molar-refractivity contribution is 6.46. The maximum absolute atomic E-state index is 13.6. The molecule has 1 fully saturated rings. The fourth-order valence-corrected chi connectivity index (χ4v) is 4.31. The molecular weight excluding hydrogens is 496 g/mol. The van der Waals surface area contributed by atoms with Gasteiger partial charge in [-0.15, -0.1) is 0 Å². The number of esters is 1. The molecule has 0 spiro atoms. The lowest BCUT2D eigenvalue weighted by molar-refractivity contribution is -0.121. The van der Waals surface area contributed by atoms with Crippen LogP contribution in [-0.2, 0) is 14.3 Å². The lowest BCUT2D eigenvalue weighted by Gasteiger charge is -2.33. The van der Waals surface area contributed by atoms with E-state index < -0.39 is 23.8 Å². The Balaban J connectivity index is 1.58. The first-order chi connectivity index (χ1) is 18.8. The second-order valence-electron chi connectivity index (χ2n) is 9.02. The number of methoxy groups -OCH3 is 1. The maximum atomic E-state index is 13.6. The van der Waals surface area contributed by atoms with E-state index in [1.54, 1.807) is 84.9 Å². The first-order valence-electron chi connectivity index (χ1n) is 12.1. The molecule has 4 aromatic rings. The molecule has 8 nitrogen and oxygen atoms in total. The zero-order valence-electron chi connectivity index (χ0n) is 21.5. The van der Waals surface area contributed by atoms with Crippen molar-refractivity contribution in [2.24, 2.45) is 0 Å². The third-order valence-corrected chi connectivity index (χ3v) is 6.39. The first kappa shape index (κ1) is 25.4. The Morgan fingerprint density at radius 1 is 0.795 bits per heavy atom. The molecule has 0 bridgehead atoms. The van der Waals surface area contributed by atoms with Crippen molar-refractivity contribution >= 4 is 41.3 Å². The summed E-state index contributed by atoms with van der Waals surface area (Å²) in [5.41, 5.74) is 3.26. The Kier molecular flexibility index (Phi) is 6.68. The molecule has 0 N–H and O–H groups in total. The monoisotopic (exact) mass is 520 g/mol. The molecule has 1 saturated heterocycles. The average Bonchev–Trinajstić information content (AvgIpc) is 3.41. The lowest BCUT2D eigenvalue weighted by atomic mass is 10.0. The van der Waals surface area contributed by atoms with Crippen molar-refractivity contribution in [3.63, 3.8) is 0 Å². The van der Waals surface area contributed by atoms with E-state index in [1.807, 2.05) is 13.8 Å². The van der Waals surface area contributed by atoms with Gasteiger partial charge >= 0.3 is 12.0 Å². The van der Waals surface area contributed by atoms with Crippen molar-refractivity contribution in [1.29, 1.82) is 0 Å². The van der Waals surface area contributed by atoms with Crippen LogP contribution >= 0.6 is 0 Å².